The second kappa shape index (κ2) is 8.53. The number of nitrogens with zero attached hydrogens (tertiary/aromatic N) is 4. The molecule has 8 heteroatoms. The monoisotopic (exact) mass is 415 g/mol. The maximum absolute atomic E-state index is 12.8. The molecule has 148 valence electrons. The summed E-state index contributed by atoms with van der Waals surface area (Å²) in [6, 6.07) is 0. The van der Waals surface area contributed by atoms with Crippen LogP contribution in [-0.2, 0) is 6.54 Å². The van der Waals surface area contributed by atoms with Gasteiger partial charge in [-0.15, -0.1) is 22.7 Å². The summed E-state index contributed by atoms with van der Waals surface area (Å²) in [5.74, 6) is 0.919. The molecule has 1 saturated heterocycles. The average molecular weight is 416 g/mol. The third-order valence-electron chi connectivity index (χ3n) is 5.14. The average Bonchev–Trinajstić information content (AvgIpc) is 3.23. The molecule has 1 N–H and O–H groups in total. The Morgan fingerprint density at radius 3 is 2.61 bits per heavy atom. The second-order valence-corrected chi connectivity index (χ2v) is 9.20. The van der Waals surface area contributed by atoms with E-state index in [2.05, 4.69) is 25.2 Å². The van der Waals surface area contributed by atoms with Crippen LogP contribution in [0.2, 0.25) is 0 Å². The topological polar surface area (TPSA) is 71.0 Å². The zero-order chi connectivity index (χ0) is 19.5. The number of thiophene rings is 1. The van der Waals surface area contributed by atoms with Crippen LogP contribution in [0.15, 0.2) is 11.7 Å². The molecule has 28 heavy (non-hydrogen) atoms. The number of carbonyl (C=O) groups excluding carboxylic acids is 1. The fraction of sp³-hybridized carbons (Fsp3) is 0.500. The van der Waals surface area contributed by atoms with Crippen LogP contribution in [0.25, 0.3) is 10.2 Å². The van der Waals surface area contributed by atoms with E-state index in [1.54, 1.807) is 17.7 Å². The highest BCUT2D eigenvalue weighted by Crippen LogP contribution is 2.35. The first-order valence-corrected chi connectivity index (χ1v) is 11.5. The van der Waals surface area contributed by atoms with Crippen LogP contribution in [0.1, 0.15) is 58.0 Å². The Morgan fingerprint density at radius 1 is 1.14 bits per heavy atom. The molecule has 0 saturated carbocycles. The van der Waals surface area contributed by atoms with Crippen molar-refractivity contribution in [2.75, 3.05) is 18.0 Å². The number of hydrogen-bond acceptors (Lipinski definition) is 7. The van der Waals surface area contributed by atoms with E-state index < -0.39 is 0 Å². The number of carbonyl (C=O) groups is 1. The van der Waals surface area contributed by atoms with Gasteiger partial charge >= 0.3 is 0 Å². The molecule has 0 unspecified atom stereocenters. The summed E-state index contributed by atoms with van der Waals surface area (Å²) in [6.45, 7) is 6.47. The molecule has 0 bridgehead atoms. The van der Waals surface area contributed by atoms with Gasteiger partial charge in [-0.05, 0) is 32.3 Å². The first kappa shape index (κ1) is 19.3. The van der Waals surface area contributed by atoms with Gasteiger partial charge in [0, 0.05) is 24.2 Å². The van der Waals surface area contributed by atoms with Crippen molar-refractivity contribution in [2.24, 2.45) is 0 Å². The molecule has 1 aliphatic heterocycles. The summed E-state index contributed by atoms with van der Waals surface area (Å²) in [5.41, 5.74) is 1.96. The molecule has 0 radical (unpaired) electrons. The van der Waals surface area contributed by atoms with Crippen LogP contribution in [0.5, 0.6) is 0 Å². The molecule has 6 nitrogen and oxygen atoms in total. The Morgan fingerprint density at radius 2 is 1.89 bits per heavy atom. The molecule has 1 aliphatic rings. The third-order valence-corrected chi connectivity index (χ3v) is 7.30. The first-order chi connectivity index (χ1) is 13.6. The zero-order valence-electron chi connectivity index (χ0n) is 16.3. The summed E-state index contributed by atoms with van der Waals surface area (Å²) >= 11 is 3.02. The van der Waals surface area contributed by atoms with Gasteiger partial charge in [-0.25, -0.2) is 15.0 Å². The summed E-state index contributed by atoms with van der Waals surface area (Å²) in [4.78, 5) is 30.3. The van der Waals surface area contributed by atoms with Gasteiger partial charge < -0.3 is 10.2 Å². The predicted octanol–water partition coefficient (Wildman–Crippen LogP) is 4.47. The fourth-order valence-corrected chi connectivity index (χ4v) is 5.46. The quantitative estimate of drug-likeness (QED) is 0.681. The molecule has 1 amide bonds. The van der Waals surface area contributed by atoms with E-state index in [1.165, 1.54) is 43.4 Å². The lowest BCUT2D eigenvalue weighted by molar-refractivity contribution is 0.0954. The Kier molecular flexibility index (Phi) is 5.87. The minimum Gasteiger partial charge on any atom is -0.356 e. The minimum atomic E-state index is -0.0630. The van der Waals surface area contributed by atoms with Gasteiger partial charge in [0.2, 0.25) is 0 Å². The van der Waals surface area contributed by atoms with Crippen LogP contribution in [-0.4, -0.2) is 33.9 Å². The summed E-state index contributed by atoms with van der Waals surface area (Å²) in [7, 11) is 0. The van der Waals surface area contributed by atoms with E-state index in [1.807, 2.05) is 19.2 Å². The number of nitrogens with one attached hydrogen (secondary N) is 1. The second-order valence-electron chi connectivity index (χ2n) is 7.25. The van der Waals surface area contributed by atoms with Crippen LogP contribution < -0.4 is 10.2 Å². The van der Waals surface area contributed by atoms with Crippen molar-refractivity contribution in [1.29, 1.82) is 0 Å². The number of hydrogen-bond donors (Lipinski definition) is 1. The van der Waals surface area contributed by atoms with Gasteiger partial charge in [0.15, 0.2) is 0 Å². The molecule has 0 aliphatic carbocycles. The molecule has 4 rings (SSSR count). The van der Waals surface area contributed by atoms with Crippen molar-refractivity contribution in [3.8, 4) is 0 Å². The Labute approximate surface area is 173 Å². The molecule has 0 aromatic carbocycles. The number of thiazole rings is 1. The van der Waals surface area contributed by atoms with Crippen molar-refractivity contribution in [2.45, 2.75) is 52.5 Å². The van der Waals surface area contributed by atoms with Gasteiger partial charge in [0.1, 0.15) is 22.0 Å². The minimum absolute atomic E-state index is 0.0630. The Hall–Kier alpha value is -2.06. The number of fused-ring (bicyclic) bond motifs is 1. The van der Waals surface area contributed by atoms with Crippen LogP contribution in [0.3, 0.4) is 0 Å². The smallest absolute Gasteiger partial charge is 0.262 e. The number of anilines is 1. The molecule has 3 aromatic heterocycles. The van der Waals surface area contributed by atoms with Crippen molar-refractivity contribution < 1.29 is 4.79 Å². The Bertz CT molecular complexity index is 972. The van der Waals surface area contributed by atoms with Crippen LogP contribution >= 0.6 is 22.7 Å². The van der Waals surface area contributed by atoms with E-state index in [4.69, 9.17) is 0 Å². The maximum atomic E-state index is 12.8. The van der Waals surface area contributed by atoms with Gasteiger partial charge in [0.25, 0.3) is 5.91 Å². The lowest BCUT2D eigenvalue weighted by Gasteiger charge is -2.26. The molecule has 1 fully saturated rings. The molecular weight excluding hydrogens is 390 g/mol. The van der Waals surface area contributed by atoms with E-state index in [0.717, 1.165) is 50.3 Å². The predicted molar refractivity (Wildman–Crippen MR) is 115 cm³/mol. The van der Waals surface area contributed by atoms with Gasteiger partial charge in [0.05, 0.1) is 16.8 Å². The molecular formula is C20H25N5OS2. The van der Waals surface area contributed by atoms with E-state index in [9.17, 15) is 4.79 Å². The van der Waals surface area contributed by atoms with Crippen molar-refractivity contribution >= 4 is 44.6 Å². The summed E-state index contributed by atoms with van der Waals surface area (Å²) in [6.07, 6.45) is 7.89. The SMILES string of the molecule is Cc1csc(CNC(=O)c2sc3ncnc(N4CCCCCCC4)c3c2C)n1. The molecule has 3 aromatic rings. The Balaban J connectivity index is 1.60. The number of aromatic nitrogens is 3. The maximum Gasteiger partial charge on any atom is 0.262 e. The summed E-state index contributed by atoms with van der Waals surface area (Å²) in [5, 5.41) is 6.96. The van der Waals surface area contributed by atoms with E-state index in [-0.39, 0.29) is 5.91 Å². The van der Waals surface area contributed by atoms with E-state index in [0.29, 0.717) is 6.54 Å². The van der Waals surface area contributed by atoms with Crippen molar-refractivity contribution in [1.82, 2.24) is 20.3 Å². The van der Waals surface area contributed by atoms with Gasteiger partial charge in [-0.2, -0.15) is 0 Å². The van der Waals surface area contributed by atoms with Gasteiger partial charge in [-0.1, -0.05) is 19.3 Å². The standard InChI is InChI=1S/C20H25N5OS2/c1-13-11-27-15(24-13)10-21-19(26)17-14(2)16-18(22-12-23-20(16)28-17)25-8-6-4-3-5-7-9-25/h11-12H,3-10H2,1-2H3,(H,21,26). The zero-order valence-corrected chi connectivity index (χ0v) is 18.0. The lowest BCUT2D eigenvalue weighted by Crippen LogP contribution is -2.28. The molecule has 0 spiro atoms. The lowest BCUT2D eigenvalue weighted by atomic mass is 10.1. The first-order valence-electron chi connectivity index (χ1n) is 9.81. The highest BCUT2D eigenvalue weighted by molar-refractivity contribution is 7.20. The highest BCUT2D eigenvalue weighted by Gasteiger charge is 2.22. The third kappa shape index (κ3) is 4.03. The molecule has 0 atom stereocenters. The number of aryl methyl sites for hydroxylation is 2. The van der Waals surface area contributed by atoms with Gasteiger partial charge in [-0.3, -0.25) is 4.79 Å². The van der Waals surface area contributed by atoms with Crippen molar-refractivity contribution in [3.63, 3.8) is 0 Å². The normalized spacial score (nSPS) is 15.4. The summed E-state index contributed by atoms with van der Waals surface area (Å²) < 4.78 is 0. The van der Waals surface area contributed by atoms with Crippen LogP contribution in [0, 0.1) is 13.8 Å². The number of rotatable bonds is 4. The van der Waals surface area contributed by atoms with E-state index >= 15 is 0 Å². The molecule has 4 heterocycles. The largest absolute Gasteiger partial charge is 0.356 e. The fourth-order valence-electron chi connectivity index (χ4n) is 3.69. The van der Waals surface area contributed by atoms with Crippen molar-refractivity contribution in [3.05, 3.63) is 32.8 Å². The highest BCUT2D eigenvalue weighted by atomic mass is 32.1. The van der Waals surface area contributed by atoms with Crippen LogP contribution in [0.4, 0.5) is 5.82 Å². The number of amides is 1.